The lowest BCUT2D eigenvalue weighted by molar-refractivity contribution is 0.0714. The Labute approximate surface area is 198 Å². The highest BCUT2D eigenvalue weighted by Gasteiger charge is 2.42. The van der Waals surface area contributed by atoms with Crippen molar-refractivity contribution < 1.29 is 13.9 Å². The Balaban J connectivity index is 1.71. The molecule has 5 nitrogen and oxygen atoms in total. The molecule has 1 atom stereocenters. The smallest absolute Gasteiger partial charge is 0.291 e. The summed E-state index contributed by atoms with van der Waals surface area (Å²) < 4.78 is 12.0. The number of fused-ring (bicyclic) bond motifs is 2. The van der Waals surface area contributed by atoms with Gasteiger partial charge in [0.15, 0.2) is 5.43 Å². The highest BCUT2D eigenvalue weighted by molar-refractivity contribution is 5.99. The van der Waals surface area contributed by atoms with Gasteiger partial charge >= 0.3 is 0 Å². The molecule has 1 aromatic heterocycles. The van der Waals surface area contributed by atoms with E-state index < -0.39 is 6.04 Å². The van der Waals surface area contributed by atoms with Crippen LogP contribution in [0, 0.1) is 13.8 Å². The van der Waals surface area contributed by atoms with Crippen molar-refractivity contribution >= 4 is 16.9 Å². The van der Waals surface area contributed by atoms with E-state index in [0.717, 1.165) is 34.4 Å². The molecule has 34 heavy (non-hydrogen) atoms. The van der Waals surface area contributed by atoms with Gasteiger partial charge < -0.3 is 14.1 Å². The second kappa shape index (κ2) is 8.82. The first-order valence-corrected chi connectivity index (χ1v) is 11.6. The molecule has 0 N–H and O–H groups in total. The zero-order valence-electron chi connectivity index (χ0n) is 19.6. The van der Waals surface area contributed by atoms with Crippen LogP contribution >= 0.6 is 0 Å². The number of hydrogen-bond donors (Lipinski definition) is 0. The van der Waals surface area contributed by atoms with Gasteiger partial charge in [-0.25, -0.2) is 0 Å². The second-order valence-electron chi connectivity index (χ2n) is 8.85. The number of hydrogen-bond acceptors (Lipinski definition) is 4. The molecule has 4 aromatic rings. The maximum absolute atomic E-state index is 13.8. The lowest BCUT2D eigenvalue weighted by atomic mass is 9.97. The van der Waals surface area contributed by atoms with Crippen molar-refractivity contribution in [2.24, 2.45) is 0 Å². The van der Waals surface area contributed by atoms with Gasteiger partial charge in [-0.2, -0.15) is 0 Å². The van der Waals surface area contributed by atoms with E-state index in [4.69, 9.17) is 9.15 Å². The van der Waals surface area contributed by atoms with Crippen LogP contribution in [-0.2, 0) is 6.54 Å². The number of carbonyl (C=O) groups excluding carboxylic acids is 1. The Morgan fingerprint density at radius 2 is 1.71 bits per heavy atom. The maximum Gasteiger partial charge on any atom is 0.291 e. The van der Waals surface area contributed by atoms with Crippen molar-refractivity contribution in [1.29, 1.82) is 0 Å². The molecule has 1 aliphatic heterocycles. The van der Waals surface area contributed by atoms with Gasteiger partial charge in [-0.3, -0.25) is 9.59 Å². The Kier molecular flexibility index (Phi) is 5.70. The summed E-state index contributed by atoms with van der Waals surface area (Å²) in [6.45, 7) is 6.96. The largest absolute Gasteiger partial charge is 0.494 e. The number of carbonyl (C=O) groups is 1. The lowest BCUT2D eigenvalue weighted by Gasteiger charge is -2.25. The summed E-state index contributed by atoms with van der Waals surface area (Å²) >= 11 is 0. The molecule has 0 bridgehead atoms. The van der Waals surface area contributed by atoms with Gasteiger partial charge in [0.2, 0.25) is 5.76 Å². The fourth-order valence-corrected chi connectivity index (χ4v) is 4.56. The third kappa shape index (κ3) is 3.77. The summed E-state index contributed by atoms with van der Waals surface area (Å²) in [5.41, 5.74) is 4.51. The predicted molar refractivity (Wildman–Crippen MR) is 132 cm³/mol. The summed E-state index contributed by atoms with van der Waals surface area (Å²) in [5, 5.41) is 0.500. The van der Waals surface area contributed by atoms with E-state index >= 15 is 0 Å². The Morgan fingerprint density at radius 3 is 2.47 bits per heavy atom. The highest BCUT2D eigenvalue weighted by atomic mass is 16.5. The minimum absolute atomic E-state index is 0.126. The standard InChI is InChI=1S/C29H27NO4/c1-4-13-33-22-12-8-11-21(16-22)26-25-27(31)23-14-18(2)19(3)15-24(23)34-28(25)29(32)30(26)17-20-9-6-5-7-10-20/h5-12,14-16,26H,4,13,17H2,1-3H3. The SMILES string of the molecule is CCCOc1cccc(C2c3c(oc4cc(C)c(C)cc4c3=O)C(=O)N2Cc2ccccc2)c1. The first kappa shape index (κ1) is 22.0. The maximum atomic E-state index is 13.8. The fourth-order valence-electron chi connectivity index (χ4n) is 4.56. The van der Waals surface area contributed by atoms with Crippen LogP contribution in [-0.4, -0.2) is 17.4 Å². The summed E-state index contributed by atoms with van der Waals surface area (Å²) in [4.78, 5) is 29.2. The van der Waals surface area contributed by atoms with Crippen molar-refractivity contribution in [3.8, 4) is 5.75 Å². The molecule has 0 spiro atoms. The number of nitrogens with zero attached hydrogens (tertiary/aromatic N) is 1. The third-order valence-corrected chi connectivity index (χ3v) is 6.42. The van der Waals surface area contributed by atoms with E-state index in [1.54, 1.807) is 4.90 Å². The number of benzene rings is 3. The molecule has 1 aliphatic rings. The van der Waals surface area contributed by atoms with Crippen LogP contribution in [0.25, 0.3) is 11.0 Å². The van der Waals surface area contributed by atoms with E-state index in [2.05, 4.69) is 6.92 Å². The number of amides is 1. The Bertz CT molecular complexity index is 1440. The van der Waals surface area contributed by atoms with Crippen molar-refractivity contribution in [3.63, 3.8) is 0 Å². The van der Waals surface area contributed by atoms with E-state index in [1.165, 1.54) is 0 Å². The molecule has 5 rings (SSSR count). The second-order valence-corrected chi connectivity index (χ2v) is 8.85. The van der Waals surface area contributed by atoms with Gasteiger partial charge in [0.25, 0.3) is 5.91 Å². The van der Waals surface area contributed by atoms with Crippen molar-refractivity contribution in [2.45, 2.75) is 39.8 Å². The van der Waals surface area contributed by atoms with Crippen LogP contribution in [0.1, 0.15) is 57.8 Å². The molecule has 0 fully saturated rings. The minimum Gasteiger partial charge on any atom is -0.494 e. The van der Waals surface area contributed by atoms with Crippen LogP contribution < -0.4 is 10.2 Å². The van der Waals surface area contributed by atoms with Crippen molar-refractivity contribution in [2.75, 3.05) is 6.61 Å². The van der Waals surface area contributed by atoms with Gasteiger partial charge in [-0.1, -0.05) is 49.4 Å². The van der Waals surface area contributed by atoms with E-state index in [9.17, 15) is 9.59 Å². The zero-order valence-corrected chi connectivity index (χ0v) is 19.6. The average molecular weight is 454 g/mol. The monoisotopic (exact) mass is 453 g/mol. The molecule has 3 aromatic carbocycles. The zero-order chi connectivity index (χ0) is 23.8. The molecule has 2 heterocycles. The number of ether oxygens (including phenoxy) is 1. The molecule has 0 radical (unpaired) electrons. The van der Waals surface area contributed by atoms with Gasteiger partial charge in [0.05, 0.1) is 23.6 Å². The Hall–Kier alpha value is -3.86. The number of aryl methyl sites for hydroxylation is 2. The normalized spacial score (nSPS) is 15.1. The number of rotatable bonds is 6. The summed E-state index contributed by atoms with van der Waals surface area (Å²) in [6.07, 6.45) is 0.892. The molecule has 1 amide bonds. The molecule has 1 unspecified atom stereocenters. The molecular formula is C29H27NO4. The van der Waals surface area contributed by atoms with Crippen LogP contribution in [0.15, 0.2) is 75.9 Å². The molecule has 0 aliphatic carbocycles. The third-order valence-electron chi connectivity index (χ3n) is 6.42. The molecule has 0 saturated carbocycles. The van der Waals surface area contributed by atoms with Crippen molar-refractivity contribution in [3.05, 3.63) is 111 Å². The molecule has 5 heteroatoms. The molecular weight excluding hydrogens is 426 g/mol. The fraction of sp³-hybridized carbons (Fsp3) is 0.241. The predicted octanol–water partition coefficient (Wildman–Crippen LogP) is 5.94. The summed E-state index contributed by atoms with van der Waals surface area (Å²) in [7, 11) is 0. The van der Waals surface area contributed by atoms with E-state index in [1.807, 2.05) is 80.6 Å². The first-order chi connectivity index (χ1) is 16.5. The van der Waals surface area contributed by atoms with Gasteiger partial charge in [0, 0.05) is 6.54 Å². The average Bonchev–Trinajstić information content (AvgIpc) is 3.11. The van der Waals surface area contributed by atoms with Gasteiger partial charge in [-0.05, 0) is 66.8 Å². The summed E-state index contributed by atoms with van der Waals surface area (Å²) in [6, 6.07) is 20.6. The minimum atomic E-state index is -0.560. The lowest BCUT2D eigenvalue weighted by Crippen LogP contribution is -2.29. The first-order valence-electron chi connectivity index (χ1n) is 11.6. The quantitative estimate of drug-likeness (QED) is 0.362. The van der Waals surface area contributed by atoms with E-state index in [0.29, 0.717) is 29.7 Å². The van der Waals surface area contributed by atoms with Crippen LogP contribution in [0.2, 0.25) is 0 Å². The van der Waals surface area contributed by atoms with Gasteiger partial charge in [-0.15, -0.1) is 0 Å². The topological polar surface area (TPSA) is 59.8 Å². The van der Waals surface area contributed by atoms with Crippen LogP contribution in [0.5, 0.6) is 5.75 Å². The highest BCUT2D eigenvalue weighted by Crippen LogP contribution is 2.40. The van der Waals surface area contributed by atoms with Crippen molar-refractivity contribution in [1.82, 2.24) is 4.90 Å². The van der Waals surface area contributed by atoms with E-state index in [-0.39, 0.29) is 17.1 Å². The molecule has 0 saturated heterocycles. The Morgan fingerprint density at radius 1 is 0.941 bits per heavy atom. The van der Waals surface area contributed by atoms with Gasteiger partial charge in [0.1, 0.15) is 11.3 Å². The molecule has 172 valence electrons. The van der Waals surface area contributed by atoms with Crippen LogP contribution in [0.3, 0.4) is 0 Å². The summed E-state index contributed by atoms with van der Waals surface area (Å²) in [5.74, 6) is 0.569. The van der Waals surface area contributed by atoms with Crippen LogP contribution in [0.4, 0.5) is 0 Å².